The summed E-state index contributed by atoms with van der Waals surface area (Å²) >= 11 is 0. The molecule has 0 aromatic heterocycles. The summed E-state index contributed by atoms with van der Waals surface area (Å²) < 4.78 is 5.62. The number of carboxylic acid groups (broad SMARTS) is 1. The molecule has 1 fully saturated rings. The zero-order chi connectivity index (χ0) is 24.6. The molecule has 3 aliphatic carbocycles. The number of hydrogen-bond acceptors (Lipinski definition) is 4. The van der Waals surface area contributed by atoms with E-state index in [1.54, 1.807) is 6.92 Å². The number of alkyl carbamates (subject to hydrolysis) is 1. The molecule has 7 nitrogen and oxygen atoms in total. The summed E-state index contributed by atoms with van der Waals surface area (Å²) in [4.78, 5) is 36.7. The molecule has 5 rings (SSSR count). The summed E-state index contributed by atoms with van der Waals surface area (Å²) in [6.07, 6.45) is 4.00. The molecule has 2 unspecified atom stereocenters. The van der Waals surface area contributed by atoms with Crippen molar-refractivity contribution in [1.82, 2.24) is 10.6 Å². The minimum absolute atomic E-state index is 0.00877. The largest absolute Gasteiger partial charge is 0.481 e. The van der Waals surface area contributed by atoms with Crippen molar-refractivity contribution in [2.24, 2.45) is 5.92 Å². The van der Waals surface area contributed by atoms with Crippen molar-refractivity contribution in [3.63, 3.8) is 0 Å². The Kier molecular flexibility index (Phi) is 6.09. The van der Waals surface area contributed by atoms with Crippen LogP contribution >= 0.6 is 0 Å². The number of carbonyl (C=O) groups excluding carboxylic acids is 2. The third-order valence-corrected chi connectivity index (χ3v) is 7.47. The minimum Gasteiger partial charge on any atom is -0.481 e. The van der Waals surface area contributed by atoms with Crippen molar-refractivity contribution >= 4 is 18.0 Å². The van der Waals surface area contributed by atoms with Crippen LogP contribution in [0.15, 0.2) is 60.2 Å². The predicted molar refractivity (Wildman–Crippen MR) is 131 cm³/mol. The Morgan fingerprint density at radius 1 is 1.03 bits per heavy atom. The van der Waals surface area contributed by atoms with Crippen LogP contribution in [0.25, 0.3) is 11.1 Å². The van der Waals surface area contributed by atoms with Gasteiger partial charge in [0.25, 0.3) is 0 Å². The summed E-state index contributed by atoms with van der Waals surface area (Å²) in [5, 5.41) is 15.1. The number of aliphatic carboxylic acids is 1. The summed E-state index contributed by atoms with van der Waals surface area (Å²) in [5.74, 6) is -0.989. The van der Waals surface area contributed by atoms with Gasteiger partial charge in [0.15, 0.2) is 0 Å². The molecule has 35 heavy (non-hydrogen) atoms. The molecule has 2 atom stereocenters. The number of amides is 2. The van der Waals surface area contributed by atoms with Crippen molar-refractivity contribution in [2.45, 2.75) is 56.5 Å². The minimum atomic E-state index is -0.921. The van der Waals surface area contributed by atoms with Crippen molar-refractivity contribution in [2.75, 3.05) is 6.61 Å². The number of ether oxygens (including phenoxy) is 1. The van der Waals surface area contributed by atoms with Crippen molar-refractivity contribution < 1.29 is 24.2 Å². The number of hydrogen-bond donors (Lipinski definition) is 3. The molecule has 0 heterocycles. The number of benzene rings is 2. The Morgan fingerprint density at radius 3 is 2.26 bits per heavy atom. The average Bonchev–Trinajstić information content (AvgIpc) is 3.51. The van der Waals surface area contributed by atoms with Crippen molar-refractivity contribution in [3.8, 4) is 11.1 Å². The fraction of sp³-hybridized carbons (Fsp3) is 0.393. The molecular weight excluding hydrogens is 444 g/mol. The van der Waals surface area contributed by atoms with Crippen LogP contribution in [-0.4, -0.2) is 41.3 Å². The SMILES string of the molecule is CC(CC(=O)O)(NC(=O)C1=CCC(NC(=O)OCC2c3ccccc3-c3ccccc32)C1)C1CC1. The normalized spacial score (nSPS) is 20.3. The van der Waals surface area contributed by atoms with Gasteiger partial charge in [-0.25, -0.2) is 4.79 Å². The number of rotatable bonds is 8. The van der Waals surface area contributed by atoms with Crippen LogP contribution in [0.5, 0.6) is 0 Å². The molecule has 182 valence electrons. The lowest BCUT2D eigenvalue weighted by atomic mass is 9.91. The van der Waals surface area contributed by atoms with Gasteiger partial charge < -0.3 is 20.5 Å². The summed E-state index contributed by atoms with van der Waals surface area (Å²) in [6.45, 7) is 2.04. The van der Waals surface area contributed by atoms with E-state index in [4.69, 9.17) is 4.74 Å². The Balaban J connectivity index is 1.14. The molecule has 2 aromatic rings. The highest BCUT2D eigenvalue weighted by molar-refractivity contribution is 5.95. The molecule has 0 bridgehead atoms. The third-order valence-electron chi connectivity index (χ3n) is 7.47. The molecule has 7 heteroatoms. The van der Waals surface area contributed by atoms with E-state index < -0.39 is 17.6 Å². The van der Waals surface area contributed by atoms with Crippen LogP contribution in [-0.2, 0) is 14.3 Å². The third kappa shape index (κ3) is 4.81. The van der Waals surface area contributed by atoms with E-state index in [-0.39, 0.29) is 36.8 Å². The average molecular weight is 475 g/mol. The monoisotopic (exact) mass is 474 g/mol. The molecule has 0 aliphatic heterocycles. The molecule has 1 saturated carbocycles. The van der Waals surface area contributed by atoms with Crippen LogP contribution in [0.3, 0.4) is 0 Å². The van der Waals surface area contributed by atoms with Crippen LogP contribution in [0, 0.1) is 5.92 Å². The fourth-order valence-corrected chi connectivity index (χ4v) is 5.48. The first kappa shape index (κ1) is 23.1. The second-order valence-electron chi connectivity index (χ2n) is 10.1. The topological polar surface area (TPSA) is 105 Å². The molecular formula is C28H30N2O5. The Bertz CT molecular complexity index is 1160. The first-order valence-corrected chi connectivity index (χ1v) is 12.2. The van der Waals surface area contributed by atoms with Crippen LogP contribution < -0.4 is 10.6 Å². The van der Waals surface area contributed by atoms with E-state index in [1.807, 2.05) is 30.3 Å². The van der Waals surface area contributed by atoms with Gasteiger partial charge in [-0.3, -0.25) is 9.59 Å². The van der Waals surface area contributed by atoms with Crippen LogP contribution in [0.4, 0.5) is 4.79 Å². The lowest BCUT2D eigenvalue weighted by Crippen LogP contribution is -2.49. The molecule has 2 amide bonds. The van der Waals surface area contributed by atoms with E-state index in [9.17, 15) is 19.5 Å². The van der Waals surface area contributed by atoms with E-state index in [1.165, 1.54) is 11.1 Å². The maximum absolute atomic E-state index is 12.8. The van der Waals surface area contributed by atoms with Gasteiger partial charge in [0.1, 0.15) is 6.61 Å². The van der Waals surface area contributed by atoms with Gasteiger partial charge in [0, 0.05) is 17.5 Å². The highest BCUT2D eigenvalue weighted by Gasteiger charge is 2.44. The molecule has 3 aliphatic rings. The summed E-state index contributed by atoms with van der Waals surface area (Å²) in [5.41, 5.74) is 4.49. The number of nitrogens with one attached hydrogen (secondary N) is 2. The lowest BCUT2D eigenvalue weighted by Gasteiger charge is -2.29. The van der Waals surface area contributed by atoms with Crippen molar-refractivity contribution in [1.29, 1.82) is 0 Å². The molecule has 0 radical (unpaired) electrons. The van der Waals surface area contributed by atoms with E-state index >= 15 is 0 Å². The van der Waals surface area contributed by atoms with Crippen molar-refractivity contribution in [3.05, 3.63) is 71.3 Å². The second kappa shape index (κ2) is 9.21. The maximum atomic E-state index is 12.8. The Morgan fingerprint density at radius 2 is 1.66 bits per heavy atom. The van der Waals surface area contributed by atoms with Gasteiger partial charge in [0.2, 0.25) is 5.91 Å². The zero-order valence-electron chi connectivity index (χ0n) is 19.8. The maximum Gasteiger partial charge on any atom is 0.407 e. The first-order valence-electron chi connectivity index (χ1n) is 12.2. The lowest BCUT2D eigenvalue weighted by molar-refractivity contribution is -0.139. The Hall–Kier alpha value is -3.61. The molecule has 2 aromatic carbocycles. The quantitative estimate of drug-likeness (QED) is 0.527. The smallest absolute Gasteiger partial charge is 0.407 e. The van der Waals surface area contributed by atoms with E-state index in [2.05, 4.69) is 34.9 Å². The second-order valence-corrected chi connectivity index (χ2v) is 10.1. The number of carbonyl (C=O) groups is 3. The van der Waals surface area contributed by atoms with Gasteiger partial charge >= 0.3 is 12.1 Å². The predicted octanol–water partition coefficient (Wildman–Crippen LogP) is 4.37. The highest BCUT2D eigenvalue weighted by atomic mass is 16.5. The number of carboxylic acids is 1. The van der Waals surface area contributed by atoms with Gasteiger partial charge in [-0.15, -0.1) is 0 Å². The highest BCUT2D eigenvalue weighted by Crippen LogP contribution is 2.44. The Labute approximate surface area is 204 Å². The number of fused-ring (bicyclic) bond motifs is 3. The van der Waals surface area contributed by atoms with E-state index in [0.29, 0.717) is 18.4 Å². The van der Waals surface area contributed by atoms with Crippen LogP contribution in [0.2, 0.25) is 0 Å². The first-order chi connectivity index (χ1) is 16.8. The molecule has 3 N–H and O–H groups in total. The fourth-order valence-electron chi connectivity index (χ4n) is 5.48. The van der Waals surface area contributed by atoms with Gasteiger partial charge in [0.05, 0.1) is 12.0 Å². The van der Waals surface area contributed by atoms with Crippen LogP contribution in [0.1, 0.15) is 56.1 Å². The van der Waals surface area contributed by atoms with Gasteiger partial charge in [-0.05, 0) is 60.8 Å². The molecule has 0 saturated heterocycles. The zero-order valence-corrected chi connectivity index (χ0v) is 19.8. The summed E-state index contributed by atoms with van der Waals surface area (Å²) in [7, 11) is 0. The standard InChI is InChI=1S/C28H30N2O5/c1-28(15-25(31)32,18-11-12-18)30-26(33)17-10-13-19(14-17)29-27(34)35-16-24-22-8-4-2-6-20(22)21-7-3-5-9-23(21)24/h2-10,18-19,24H,11-16H2,1H3,(H,29,34)(H,30,33)(H,31,32). The van der Waals surface area contributed by atoms with Gasteiger partial charge in [-0.2, -0.15) is 0 Å². The van der Waals surface area contributed by atoms with Gasteiger partial charge in [-0.1, -0.05) is 54.6 Å². The summed E-state index contributed by atoms with van der Waals surface area (Å²) in [6, 6.07) is 16.1. The van der Waals surface area contributed by atoms with E-state index in [0.717, 1.165) is 24.0 Å². The molecule has 0 spiro atoms.